The molecular formula is C13H14F3NO2. The Morgan fingerprint density at radius 2 is 2.16 bits per heavy atom. The molecule has 0 aliphatic carbocycles. The molecule has 0 fully saturated rings. The van der Waals surface area contributed by atoms with Gasteiger partial charge in [-0.2, -0.15) is 13.2 Å². The van der Waals surface area contributed by atoms with E-state index < -0.39 is 17.7 Å². The van der Waals surface area contributed by atoms with Crippen LogP contribution in [0.2, 0.25) is 0 Å². The van der Waals surface area contributed by atoms with Crippen molar-refractivity contribution >= 4 is 11.7 Å². The largest absolute Gasteiger partial charge is 0.481 e. The van der Waals surface area contributed by atoms with Gasteiger partial charge in [0.25, 0.3) is 0 Å². The van der Waals surface area contributed by atoms with Crippen LogP contribution in [-0.2, 0) is 11.0 Å². The molecule has 1 aliphatic heterocycles. The molecule has 19 heavy (non-hydrogen) atoms. The second-order valence-electron chi connectivity index (χ2n) is 4.60. The highest BCUT2D eigenvalue weighted by molar-refractivity contribution is 5.71. The highest BCUT2D eigenvalue weighted by Gasteiger charge is 2.35. The number of carboxylic acid groups (broad SMARTS) is 1. The van der Waals surface area contributed by atoms with Gasteiger partial charge in [0.15, 0.2) is 0 Å². The van der Waals surface area contributed by atoms with Gasteiger partial charge in [0, 0.05) is 24.7 Å². The van der Waals surface area contributed by atoms with E-state index in [9.17, 15) is 18.0 Å². The summed E-state index contributed by atoms with van der Waals surface area (Å²) in [7, 11) is 0. The molecule has 0 saturated carbocycles. The smallest absolute Gasteiger partial charge is 0.416 e. The van der Waals surface area contributed by atoms with Crippen LogP contribution in [0, 0.1) is 0 Å². The van der Waals surface area contributed by atoms with Gasteiger partial charge >= 0.3 is 12.1 Å². The van der Waals surface area contributed by atoms with E-state index in [1.165, 1.54) is 6.07 Å². The molecule has 1 aromatic carbocycles. The maximum atomic E-state index is 12.7. The first kappa shape index (κ1) is 13.7. The lowest BCUT2D eigenvalue weighted by atomic mass is 9.96. The molecule has 1 atom stereocenters. The van der Waals surface area contributed by atoms with E-state index in [0.717, 1.165) is 12.1 Å². The second-order valence-corrected chi connectivity index (χ2v) is 4.60. The number of hydrogen-bond acceptors (Lipinski definition) is 2. The molecule has 1 heterocycles. The van der Waals surface area contributed by atoms with Crippen molar-refractivity contribution in [3.05, 3.63) is 29.3 Å². The fraction of sp³-hybridized carbons (Fsp3) is 0.462. The molecule has 0 bridgehead atoms. The monoisotopic (exact) mass is 273 g/mol. The van der Waals surface area contributed by atoms with Gasteiger partial charge in [0.1, 0.15) is 0 Å². The fourth-order valence-electron chi connectivity index (χ4n) is 2.49. The van der Waals surface area contributed by atoms with Gasteiger partial charge in [-0.3, -0.25) is 4.79 Å². The van der Waals surface area contributed by atoms with Gasteiger partial charge in [-0.1, -0.05) is 0 Å². The molecule has 6 heteroatoms. The maximum Gasteiger partial charge on any atom is 0.416 e. The van der Waals surface area contributed by atoms with Crippen molar-refractivity contribution in [2.75, 3.05) is 18.0 Å². The van der Waals surface area contributed by atoms with Gasteiger partial charge in [0.2, 0.25) is 0 Å². The predicted molar refractivity (Wildman–Crippen MR) is 64.3 cm³/mol. The van der Waals surface area contributed by atoms with Gasteiger partial charge in [-0.05, 0) is 30.7 Å². The molecule has 104 valence electrons. The average Bonchev–Trinajstić information content (AvgIpc) is 2.65. The molecule has 1 unspecified atom stereocenters. The first-order chi connectivity index (χ1) is 8.82. The molecule has 0 aromatic heterocycles. The summed E-state index contributed by atoms with van der Waals surface area (Å²) in [6, 6.07) is 3.56. The number of carboxylic acids is 1. The molecule has 0 amide bonds. The number of likely N-dealkylation sites (N-methyl/N-ethyl adjacent to an activating group) is 1. The summed E-state index contributed by atoms with van der Waals surface area (Å²) in [5.74, 6) is -1.37. The van der Waals surface area contributed by atoms with Gasteiger partial charge in [-0.15, -0.1) is 0 Å². The highest BCUT2D eigenvalue weighted by atomic mass is 19.4. The van der Waals surface area contributed by atoms with Gasteiger partial charge < -0.3 is 10.0 Å². The first-order valence-electron chi connectivity index (χ1n) is 6.00. The normalized spacial score (nSPS) is 18.5. The van der Waals surface area contributed by atoms with Crippen LogP contribution in [0.3, 0.4) is 0 Å². The van der Waals surface area contributed by atoms with E-state index in [1.807, 2.05) is 11.8 Å². The van der Waals surface area contributed by atoms with Crippen LogP contribution in [0.25, 0.3) is 0 Å². The van der Waals surface area contributed by atoms with Crippen LogP contribution in [0.15, 0.2) is 18.2 Å². The number of hydrogen-bond donors (Lipinski definition) is 1. The molecule has 1 aromatic rings. The van der Waals surface area contributed by atoms with Crippen LogP contribution in [0.5, 0.6) is 0 Å². The van der Waals surface area contributed by atoms with Crippen molar-refractivity contribution in [3.63, 3.8) is 0 Å². The zero-order chi connectivity index (χ0) is 14.2. The molecule has 1 aliphatic rings. The molecule has 3 nitrogen and oxygen atoms in total. The van der Waals surface area contributed by atoms with Crippen molar-refractivity contribution < 1.29 is 23.1 Å². The van der Waals surface area contributed by atoms with Gasteiger partial charge in [0.05, 0.1) is 12.0 Å². The summed E-state index contributed by atoms with van der Waals surface area (Å²) < 4.78 is 38.1. The number of benzene rings is 1. The lowest BCUT2D eigenvalue weighted by Crippen LogP contribution is -2.21. The van der Waals surface area contributed by atoms with Crippen molar-refractivity contribution in [2.45, 2.75) is 25.4 Å². The summed E-state index contributed by atoms with van der Waals surface area (Å²) in [6.07, 6.45) is -4.55. The second kappa shape index (κ2) is 4.75. The van der Waals surface area contributed by atoms with Crippen LogP contribution in [-0.4, -0.2) is 24.2 Å². The number of rotatable bonds is 3. The summed E-state index contributed by atoms with van der Waals surface area (Å²) in [5, 5.41) is 8.85. The minimum Gasteiger partial charge on any atom is -0.481 e. The van der Waals surface area contributed by atoms with Crippen LogP contribution >= 0.6 is 0 Å². The Morgan fingerprint density at radius 3 is 2.68 bits per heavy atom. The lowest BCUT2D eigenvalue weighted by molar-refractivity contribution is -0.138. The third kappa shape index (κ3) is 2.67. The Balaban J connectivity index is 2.41. The maximum absolute atomic E-state index is 12.7. The third-order valence-corrected chi connectivity index (χ3v) is 3.38. The van der Waals surface area contributed by atoms with Crippen LogP contribution in [0.4, 0.5) is 18.9 Å². The van der Waals surface area contributed by atoms with Crippen molar-refractivity contribution in [3.8, 4) is 0 Å². The summed E-state index contributed by atoms with van der Waals surface area (Å²) >= 11 is 0. The Bertz CT molecular complexity index is 499. The minimum atomic E-state index is -4.40. The molecule has 1 N–H and O–H groups in total. The van der Waals surface area contributed by atoms with E-state index in [2.05, 4.69) is 0 Å². The SMILES string of the molecule is CCN1CC(CC(=O)O)c2cc(C(F)(F)F)ccc21. The summed E-state index contributed by atoms with van der Waals surface area (Å²) in [5.41, 5.74) is 0.473. The van der Waals surface area contributed by atoms with Crippen LogP contribution in [0.1, 0.15) is 30.4 Å². The van der Waals surface area contributed by atoms with E-state index >= 15 is 0 Å². The number of carbonyl (C=O) groups is 1. The van der Waals surface area contributed by atoms with Crippen molar-refractivity contribution in [2.24, 2.45) is 0 Å². The first-order valence-corrected chi connectivity index (χ1v) is 6.00. The Labute approximate surface area is 108 Å². The molecule has 2 rings (SSSR count). The average molecular weight is 273 g/mol. The van der Waals surface area contributed by atoms with Crippen molar-refractivity contribution in [1.29, 1.82) is 0 Å². The topological polar surface area (TPSA) is 40.5 Å². The standard InChI is InChI=1S/C13H14F3NO2/c1-2-17-7-8(5-12(18)19)10-6-9(13(14,15)16)3-4-11(10)17/h3-4,6,8H,2,5,7H2,1H3,(H,18,19). The predicted octanol–water partition coefficient (Wildman–Crippen LogP) is 3.10. The molecule has 0 radical (unpaired) electrons. The number of alkyl halides is 3. The lowest BCUT2D eigenvalue weighted by Gasteiger charge is -2.17. The zero-order valence-corrected chi connectivity index (χ0v) is 10.4. The Kier molecular flexibility index (Phi) is 3.43. The van der Waals surface area contributed by atoms with E-state index in [-0.39, 0.29) is 12.3 Å². The molecular weight excluding hydrogens is 259 g/mol. The molecule has 0 spiro atoms. The zero-order valence-electron chi connectivity index (χ0n) is 10.4. The van der Waals surface area contributed by atoms with E-state index in [0.29, 0.717) is 24.3 Å². The number of nitrogens with zero attached hydrogens (tertiary/aromatic N) is 1. The number of halogens is 3. The van der Waals surface area contributed by atoms with E-state index in [1.54, 1.807) is 0 Å². The summed E-state index contributed by atoms with van der Waals surface area (Å²) in [4.78, 5) is 12.7. The van der Waals surface area contributed by atoms with Crippen LogP contribution < -0.4 is 4.90 Å². The van der Waals surface area contributed by atoms with Gasteiger partial charge in [-0.25, -0.2) is 0 Å². The third-order valence-electron chi connectivity index (χ3n) is 3.38. The fourth-order valence-corrected chi connectivity index (χ4v) is 2.49. The Hall–Kier alpha value is -1.72. The number of aliphatic carboxylic acids is 1. The number of anilines is 1. The minimum absolute atomic E-state index is 0.148. The summed E-state index contributed by atoms with van der Waals surface area (Å²) in [6.45, 7) is 3.00. The Morgan fingerprint density at radius 1 is 1.47 bits per heavy atom. The quantitative estimate of drug-likeness (QED) is 0.920. The molecule has 0 saturated heterocycles. The number of fused-ring (bicyclic) bond motifs is 1. The van der Waals surface area contributed by atoms with E-state index in [4.69, 9.17) is 5.11 Å². The van der Waals surface area contributed by atoms with Crippen molar-refractivity contribution in [1.82, 2.24) is 0 Å². The highest BCUT2D eigenvalue weighted by Crippen LogP contribution is 2.41.